The van der Waals surface area contributed by atoms with Gasteiger partial charge < -0.3 is 14.8 Å². The van der Waals surface area contributed by atoms with Gasteiger partial charge in [-0.25, -0.2) is 4.79 Å². The second kappa shape index (κ2) is 8.36. The summed E-state index contributed by atoms with van der Waals surface area (Å²) < 4.78 is 11.4. The molecule has 0 radical (unpaired) electrons. The first kappa shape index (κ1) is 18.4. The van der Waals surface area contributed by atoms with Crippen molar-refractivity contribution in [2.24, 2.45) is 0 Å². The number of carbonyl (C=O) groups excluding carboxylic acids is 1. The summed E-state index contributed by atoms with van der Waals surface area (Å²) in [7, 11) is 0. The van der Waals surface area contributed by atoms with E-state index in [0.717, 1.165) is 34.4 Å². The van der Waals surface area contributed by atoms with E-state index < -0.39 is 6.09 Å². The number of rotatable bonds is 5. The van der Waals surface area contributed by atoms with E-state index in [9.17, 15) is 4.79 Å². The second-order valence-corrected chi connectivity index (χ2v) is 7.12. The average Bonchev–Trinajstić information content (AvgIpc) is 3.15. The normalized spacial score (nSPS) is 14.8. The first-order chi connectivity index (χ1) is 13.7. The fourth-order valence-electron chi connectivity index (χ4n) is 3.28. The Balaban J connectivity index is 1.34. The topological polar surface area (TPSA) is 47.6 Å². The lowest BCUT2D eigenvalue weighted by Gasteiger charge is -2.14. The predicted octanol–water partition coefficient (Wildman–Crippen LogP) is 5.24. The molecular weight excluding hydrogens is 374 g/mol. The number of hydrogen-bond acceptors (Lipinski definition) is 3. The molecule has 4 rings (SSSR count). The Morgan fingerprint density at radius 3 is 2.61 bits per heavy atom. The smallest absolute Gasteiger partial charge is 0.407 e. The Bertz CT molecular complexity index is 957. The number of fused-ring (bicyclic) bond motifs is 1. The van der Waals surface area contributed by atoms with Crippen molar-refractivity contribution in [3.63, 3.8) is 0 Å². The van der Waals surface area contributed by atoms with E-state index >= 15 is 0 Å². The van der Waals surface area contributed by atoms with Gasteiger partial charge >= 0.3 is 6.09 Å². The maximum atomic E-state index is 12.0. The van der Waals surface area contributed by atoms with Crippen LogP contribution >= 0.6 is 11.6 Å². The van der Waals surface area contributed by atoms with Crippen LogP contribution in [0.2, 0.25) is 5.02 Å². The molecule has 1 amide bonds. The highest BCUT2D eigenvalue weighted by atomic mass is 35.5. The van der Waals surface area contributed by atoms with Crippen molar-refractivity contribution in [2.75, 3.05) is 6.54 Å². The molecule has 1 heterocycles. The minimum atomic E-state index is -0.443. The zero-order valence-corrected chi connectivity index (χ0v) is 16.0. The van der Waals surface area contributed by atoms with E-state index in [2.05, 4.69) is 11.4 Å². The van der Waals surface area contributed by atoms with E-state index in [4.69, 9.17) is 21.1 Å². The number of nitrogens with one attached hydrogen (secondary N) is 1. The summed E-state index contributed by atoms with van der Waals surface area (Å²) in [6, 6.07) is 23.4. The van der Waals surface area contributed by atoms with E-state index in [0.29, 0.717) is 11.6 Å². The van der Waals surface area contributed by atoms with E-state index in [-0.39, 0.29) is 12.7 Å². The van der Waals surface area contributed by atoms with Crippen molar-refractivity contribution in [3.05, 3.63) is 88.9 Å². The minimum absolute atomic E-state index is 0.118. The number of halogens is 1. The molecule has 3 aromatic carbocycles. The van der Waals surface area contributed by atoms with Crippen molar-refractivity contribution >= 4 is 17.7 Å². The van der Waals surface area contributed by atoms with Crippen LogP contribution in [0.5, 0.6) is 5.75 Å². The van der Waals surface area contributed by atoms with E-state index in [1.54, 1.807) is 0 Å². The van der Waals surface area contributed by atoms with Gasteiger partial charge in [-0.2, -0.15) is 0 Å². The standard InChI is InChI=1S/C23H20ClNO3/c24-19-11-9-17(10-12-19)21-8-4-7-18-13-20(28-22(18)21)14-25-23(26)27-15-16-5-2-1-3-6-16/h1-12,20H,13-15H2,(H,25,26). The minimum Gasteiger partial charge on any atom is -0.487 e. The molecule has 1 N–H and O–H groups in total. The average molecular weight is 394 g/mol. The van der Waals surface area contributed by atoms with Crippen molar-refractivity contribution in [1.29, 1.82) is 0 Å². The molecule has 0 saturated carbocycles. The van der Waals surface area contributed by atoms with Crippen molar-refractivity contribution in [3.8, 4) is 16.9 Å². The quantitative estimate of drug-likeness (QED) is 0.645. The Labute approximate surface area is 169 Å². The molecule has 0 spiro atoms. The Morgan fingerprint density at radius 1 is 1.04 bits per heavy atom. The molecule has 0 fully saturated rings. The lowest BCUT2D eigenvalue weighted by molar-refractivity contribution is 0.133. The molecule has 4 nitrogen and oxygen atoms in total. The van der Waals surface area contributed by atoms with Gasteiger partial charge in [0.15, 0.2) is 0 Å². The molecule has 0 bridgehead atoms. The van der Waals surface area contributed by atoms with E-state index in [1.165, 1.54) is 0 Å². The largest absolute Gasteiger partial charge is 0.487 e. The van der Waals surface area contributed by atoms with Crippen molar-refractivity contribution < 1.29 is 14.3 Å². The molecular formula is C23H20ClNO3. The maximum Gasteiger partial charge on any atom is 0.407 e. The van der Waals surface area contributed by atoms with Crippen LogP contribution in [0.3, 0.4) is 0 Å². The van der Waals surface area contributed by atoms with Gasteiger partial charge in [-0.05, 0) is 28.8 Å². The number of benzene rings is 3. The van der Waals surface area contributed by atoms with Crippen LogP contribution in [0, 0.1) is 0 Å². The lowest BCUT2D eigenvalue weighted by atomic mass is 10.0. The fraction of sp³-hybridized carbons (Fsp3) is 0.174. The lowest BCUT2D eigenvalue weighted by Crippen LogP contribution is -2.34. The molecule has 28 heavy (non-hydrogen) atoms. The SMILES string of the molecule is O=C(NCC1Cc2cccc(-c3ccc(Cl)cc3)c2O1)OCc1ccccc1. The van der Waals surface area contributed by atoms with Crippen LogP contribution in [-0.4, -0.2) is 18.7 Å². The molecule has 5 heteroatoms. The molecule has 1 aliphatic heterocycles. The molecule has 1 unspecified atom stereocenters. The van der Waals surface area contributed by atoms with Crippen molar-refractivity contribution in [1.82, 2.24) is 5.32 Å². The first-order valence-electron chi connectivity index (χ1n) is 9.18. The van der Waals surface area contributed by atoms with Gasteiger partial charge in [0.05, 0.1) is 6.54 Å². The number of alkyl carbamates (subject to hydrolysis) is 1. The number of amides is 1. The first-order valence-corrected chi connectivity index (χ1v) is 9.56. The van der Waals surface area contributed by atoms with Gasteiger partial charge in [0.25, 0.3) is 0 Å². The highest BCUT2D eigenvalue weighted by Crippen LogP contribution is 2.38. The molecule has 0 saturated heterocycles. The maximum absolute atomic E-state index is 12.0. The summed E-state index contributed by atoms with van der Waals surface area (Å²) in [6.45, 7) is 0.640. The highest BCUT2D eigenvalue weighted by Gasteiger charge is 2.26. The Kier molecular flexibility index (Phi) is 5.49. The van der Waals surface area contributed by atoms with E-state index in [1.807, 2.05) is 66.7 Å². The van der Waals surface area contributed by atoms with Gasteiger partial charge in [0.1, 0.15) is 18.5 Å². The monoisotopic (exact) mass is 393 g/mol. The third kappa shape index (κ3) is 4.29. The van der Waals surface area contributed by atoms with Gasteiger partial charge in [-0.15, -0.1) is 0 Å². The molecule has 1 atom stereocenters. The molecule has 0 aliphatic carbocycles. The third-order valence-electron chi connectivity index (χ3n) is 4.67. The summed E-state index contributed by atoms with van der Waals surface area (Å²) in [4.78, 5) is 12.0. The number of para-hydroxylation sites is 1. The van der Waals surface area contributed by atoms with Crippen LogP contribution in [-0.2, 0) is 17.8 Å². The summed E-state index contributed by atoms with van der Waals surface area (Å²) in [6.07, 6.45) is 0.185. The third-order valence-corrected chi connectivity index (χ3v) is 4.92. The second-order valence-electron chi connectivity index (χ2n) is 6.69. The molecule has 142 valence electrons. The summed E-state index contributed by atoms with van der Waals surface area (Å²) in [5.74, 6) is 0.870. The Hall–Kier alpha value is -2.98. The number of carbonyl (C=O) groups is 1. The van der Waals surface area contributed by atoms with Gasteiger partial charge in [-0.3, -0.25) is 0 Å². The fourth-order valence-corrected chi connectivity index (χ4v) is 3.41. The predicted molar refractivity (Wildman–Crippen MR) is 110 cm³/mol. The molecule has 0 aromatic heterocycles. The highest BCUT2D eigenvalue weighted by molar-refractivity contribution is 6.30. The summed E-state index contributed by atoms with van der Waals surface area (Å²) in [5.41, 5.74) is 4.17. The van der Waals surface area contributed by atoms with Crippen LogP contribution in [0.15, 0.2) is 72.8 Å². The zero-order valence-electron chi connectivity index (χ0n) is 15.2. The van der Waals surface area contributed by atoms with Gasteiger partial charge in [0, 0.05) is 17.0 Å². The van der Waals surface area contributed by atoms with Gasteiger partial charge in [0.2, 0.25) is 0 Å². The molecule has 1 aliphatic rings. The number of ether oxygens (including phenoxy) is 2. The van der Waals surface area contributed by atoms with Crippen LogP contribution < -0.4 is 10.1 Å². The Morgan fingerprint density at radius 2 is 1.82 bits per heavy atom. The van der Waals surface area contributed by atoms with Crippen molar-refractivity contribution in [2.45, 2.75) is 19.1 Å². The van der Waals surface area contributed by atoms with Crippen LogP contribution in [0.1, 0.15) is 11.1 Å². The van der Waals surface area contributed by atoms with Crippen LogP contribution in [0.25, 0.3) is 11.1 Å². The van der Waals surface area contributed by atoms with Crippen LogP contribution in [0.4, 0.5) is 4.79 Å². The summed E-state index contributed by atoms with van der Waals surface area (Å²) >= 11 is 5.99. The zero-order chi connectivity index (χ0) is 19.3. The summed E-state index contributed by atoms with van der Waals surface area (Å²) in [5, 5.41) is 3.49. The number of hydrogen-bond donors (Lipinski definition) is 1. The van der Waals surface area contributed by atoms with Gasteiger partial charge in [-0.1, -0.05) is 72.3 Å². The molecule has 3 aromatic rings.